The molecule has 0 bridgehead atoms. The van der Waals surface area contributed by atoms with E-state index in [0.29, 0.717) is 17.7 Å². The van der Waals surface area contributed by atoms with Crippen molar-refractivity contribution in [1.29, 1.82) is 0 Å². The topological polar surface area (TPSA) is 60.2 Å². The molecule has 17 heavy (non-hydrogen) atoms. The fourth-order valence-corrected chi connectivity index (χ4v) is 3.38. The van der Waals surface area contributed by atoms with E-state index >= 15 is 0 Å². The summed E-state index contributed by atoms with van der Waals surface area (Å²) in [5.41, 5.74) is 6.74. The maximum Gasteiger partial charge on any atom is 0.178 e. The molecule has 0 heterocycles. The molecule has 1 aromatic carbocycles. The van der Waals surface area contributed by atoms with Gasteiger partial charge in [0.15, 0.2) is 9.84 Å². The van der Waals surface area contributed by atoms with Crippen LogP contribution in [0.25, 0.3) is 0 Å². The van der Waals surface area contributed by atoms with Crippen molar-refractivity contribution in [3.8, 4) is 0 Å². The molecule has 0 saturated heterocycles. The molecular weight excluding hydrogens is 234 g/mol. The fourth-order valence-electron chi connectivity index (χ4n) is 1.78. The summed E-state index contributed by atoms with van der Waals surface area (Å²) in [5, 5.41) is 0. The smallest absolute Gasteiger partial charge is 0.178 e. The molecule has 1 atom stereocenters. The second kappa shape index (κ2) is 6.17. The highest BCUT2D eigenvalue weighted by Gasteiger charge is 2.17. The predicted molar refractivity (Wildman–Crippen MR) is 70.8 cm³/mol. The maximum absolute atomic E-state index is 12.1. The maximum atomic E-state index is 12.1. The Hall–Kier alpha value is -0.870. The van der Waals surface area contributed by atoms with Crippen LogP contribution in [0, 0.1) is 0 Å². The third-order valence-electron chi connectivity index (χ3n) is 2.79. The van der Waals surface area contributed by atoms with Crippen LogP contribution in [0.3, 0.4) is 0 Å². The Labute approximate surface area is 104 Å². The average Bonchev–Trinajstić information content (AvgIpc) is 2.29. The zero-order valence-electron chi connectivity index (χ0n) is 10.5. The molecule has 0 aliphatic heterocycles. The van der Waals surface area contributed by atoms with Gasteiger partial charge in [0.1, 0.15) is 0 Å². The third-order valence-corrected chi connectivity index (χ3v) is 4.80. The van der Waals surface area contributed by atoms with Crippen molar-refractivity contribution in [2.45, 2.75) is 44.0 Å². The van der Waals surface area contributed by atoms with Gasteiger partial charge in [-0.2, -0.15) is 0 Å². The molecule has 0 radical (unpaired) electrons. The second-order valence-corrected chi connectivity index (χ2v) is 6.38. The van der Waals surface area contributed by atoms with Gasteiger partial charge in [0.05, 0.1) is 10.6 Å². The lowest BCUT2D eigenvalue weighted by Gasteiger charge is -2.13. The van der Waals surface area contributed by atoms with Gasteiger partial charge in [-0.3, -0.25) is 0 Å². The van der Waals surface area contributed by atoms with Gasteiger partial charge in [-0.1, -0.05) is 32.0 Å². The molecule has 2 N–H and O–H groups in total. The Morgan fingerprint density at radius 1 is 1.24 bits per heavy atom. The highest BCUT2D eigenvalue weighted by molar-refractivity contribution is 7.91. The fraction of sp³-hybridized carbons (Fsp3) is 0.538. The minimum atomic E-state index is -3.15. The molecule has 4 heteroatoms. The van der Waals surface area contributed by atoms with E-state index in [0.717, 1.165) is 12.0 Å². The van der Waals surface area contributed by atoms with Crippen molar-refractivity contribution < 1.29 is 8.42 Å². The Balaban J connectivity index is 3.08. The highest BCUT2D eigenvalue weighted by Crippen LogP contribution is 2.19. The third kappa shape index (κ3) is 3.82. The van der Waals surface area contributed by atoms with Crippen molar-refractivity contribution >= 4 is 9.84 Å². The van der Waals surface area contributed by atoms with Crippen LogP contribution in [0.1, 0.15) is 32.3 Å². The average molecular weight is 255 g/mol. The van der Waals surface area contributed by atoms with E-state index in [4.69, 9.17) is 5.73 Å². The normalized spacial score (nSPS) is 13.6. The van der Waals surface area contributed by atoms with Gasteiger partial charge < -0.3 is 5.73 Å². The van der Waals surface area contributed by atoms with Crippen molar-refractivity contribution in [3.05, 3.63) is 29.8 Å². The van der Waals surface area contributed by atoms with Crippen LogP contribution < -0.4 is 5.73 Å². The summed E-state index contributed by atoms with van der Waals surface area (Å²) < 4.78 is 24.2. The summed E-state index contributed by atoms with van der Waals surface area (Å²) in [5.74, 6) is 0.200. The molecule has 0 aliphatic rings. The molecule has 1 rings (SSSR count). The number of sulfone groups is 1. The SMILES string of the molecule is CCCS(=O)(=O)c1ccccc1CC(N)CC. The first-order chi connectivity index (χ1) is 8.01. The van der Waals surface area contributed by atoms with Gasteiger partial charge in [-0.15, -0.1) is 0 Å². The van der Waals surface area contributed by atoms with Crippen molar-refractivity contribution in [2.24, 2.45) is 5.73 Å². The van der Waals surface area contributed by atoms with Crippen LogP contribution in [-0.4, -0.2) is 20.2 Å². The number of hydrogen-bond donors (Lipinski definition) is 1. The van der Waals surface area contributed by atoms with E-state index in [-0.39, 0.29) is 11.8 Å². The van der Waals surface area contributed by atoms with Gasteiger partial charge in [0.2, 0.25) is 0 Å². The summed E-state index contributed by atoms with van der Waals surface area (Å²) in [6.45, 7) is 3.88. The van der Waals surface area contributed by atoms with Gasteiger partial charge >= 0.3 is 0 Å². The van der Waals surface area contributed by atoms with E-state index in [1.807, 2.05) is 26.0 Å². The summed E-state index contributed by atoms with van der Waals surface area (Å²) >= 11 is 0. The van der Waals surface area contributed by atoms with E-state index in [2.05, 4.69) is 0 Å². The van der Waals surface area contributed by atoms with Crippen molar-refractivity contribution in [1.82, 2.24) is 0 Å². The molecule has 0 fully saturated rings. The summed E-state index contributed by atoms with van der Waals surface area (Å²) in [4.78, 5) is 0.450. The quantitative estimate of drug-likeness (QED) is 0.847. The molecule has 0 amide bonds. The van der Waals surface area contributed by atoms with E-state index in [1.165, 1.54) is 0 Å². The molecule has 0 spiro atoms. The molecule has 0 saturated carbocycles. The number of rotatable bonds is 6. The van der Waals surface area contributed by atoms with Crippen LogP contribution in [0.2, 0.25) is 0 Å². The molecular formula is C13H21NO2S. The summed E-state index contributed by atoms with van der Waals surface area (Å²) in [6.07, 6.45) is 2.11. The van der Waals surface area contributed by atoms with Gasteiger partial charge in [0.25, 0.3) is 0 Å². The van der Waals surface area contributed by atoms with E-state index in [1.54, 1.807) is 12.1 Å². The van der Waals surface area contributed by atoms with Crippen LogP contribution in [0.4, 0.5) is 0 Å². The van der Waals surface area contributed by atoms with Crippen molar-refractivity contribution in [3.63, 3.8) is 0 Å². The highest BCUT2D eigenvalue weighted by atomic mass is 32.2. The molecule has 1 aromatic rings. The number of benzene rings is 1. The zero-order chi connectivity index (χ0) is 12.9. The first-order valence-electron chi connectivity index (χ1n) is 6.07. The lowest BCUT2D eigenvalue weighted by molar-refractivity contribution is 0.590. The molecule has 1 unspecified atom stereocenters. The Bertz CT molecular complexity index is 454. The standard InChI is InChI=1S/C13H21NO2S/c1-3-9-17(15,16)13-8-6-5-7-11(13)10-12(14)4-2/h5-8,12H,3-4,9-10,14H2,1-2H3. The largest absolute Gasteiger partial charge is 0.327 e. The van der Waals surface area contributed by atoms with Crippen LogP contribution in [0.15, 0.2) is 29.2 Å². The Kier molecular flexibility index (Phi) is 5.15. The van der Waals surface area contributed by atoms with Crippen LogP contribution >= 0.6 is 0 Å². The first kappa shape index (κ1) is 14.2. The molecule has 3 nitrogen and oxygen atoms in total. The predicted octanol–water partition coefficient (Wildman–Crippen LogP) is 2.15. The lowest BCUT2D eigenvalue weighted by Crippen LogP contribution is -2.23. The van der Waals surface area contributed by atoms with Gasteiger partial charge in [0, 0.05) is 6.04 Å². The Morgan fingerprint density at radius 2 is 1.88 bits per heavy atom. The van der Waals surface area contributed by atoms with Gasteiger partial charge in [-0.05, 0) is 30.9 Å². The first-order valence-corrected chi connectivity index (χ1v) is 7.72. The monoisotopic (exact) mass is 255 g/mol. The zero-order valence-corrected chi connectivity index (χ0v) is 11.3. The van der Waals surface area contributed by atoms with Crippen LogP contribution in [-0.2, 0) is 16.3 Å². The van der Waals surface area contributed by atoms with E-state index < -0.39 is 9.84 Å². The summed E-state index contributed by atoms with van der Waals surface area (Å²) in [6, 6.07) is 7.19. The summed E-state index contributed by atoms with van der Waals surface area (Å²) in [7, 11) is -3.15. The minimum Gasteiger partial charge on any atom is -0.327 e. The molecule has 0 aromatic heterocycles. The molecule has 96 valence electrons. The van der Waals surface area contributed by atoms with Crippen LogP contribution in [0.5, 0.6) is 0 Å². The Morgan fingerprint density at radius 3 is 2.47 bits per heavy atom. The minimum absolute atomic E-state index is 0.0213. The molecule has 0 aliphatic carbocycles. The lowest BCUT2D eigenvalue weighted by atomic mass is 10.1. The number of nitrogens with two attached hydrogens (primary N) is 1. The van der Waals surface area contributed by atoms with E-state index in [9.17, 15) is 8.42 Å². The number of hydrogen-bond acceptors (Lipinski definition) is 3. The van der Waals surface area contributed by atoms with Gasteiger partial charge in [-0.25, -0.2) is 8.42 Å². The second-order valence-electron chi connectivity index (χ2n) is 4.30. The van der Waals surface area contributed by atoms with Crippen molar-refractivity contribution in [2.75, 3.05) is 5.75 Å².